The van der Waals surface area contributed by atoms with E-state index in [9.17, 15) is 18.0 Å². The number of ketones is 1. The number of hydrogen-bond acceptors (Lipinski definition) is 7. The highest BCUT2D eigenvalue weighted by Crippen LogP contribution is 2.22. The van der Waals surface area contributed by atoms with Gasteiger partial charge in [0.2, 0.25) is 10.0 Å². The summed E-state index contributed by atoms with van der Waals surface area (Å²) in [7, 11) is -3.68. The van der Waals surface area contributed by atoms with Gasteiger partial charge in [-0.05, 0) is 51.8 Å². The second-order valence-corrected chi connectivity index (χ2v) is 9.18. The Morgan fingerprint density at radius 2 is 1.83 bits per heavy atom. The maximum Gasteiger partial charge on any atom is 0.300 e. The number of aliphatic carboxylic acids is 1. The Morgan fingerprint density at radius 1 is 1.23 bits per heavy atom. The second kappa shape index (κ2) is 10.6. The molecule has 2 heterocycles. The van der Waals surface area contributed by atoms with E-state index < -0.39 is 27.9 Å². The van der Waals surface area contributed by atoms with Crippen LogP contribution in [0.1, 0.15) is 49.9 Å². The Morgan fingerprint density at radius 3 is 2.40 bits per heavy atom. The highest BCUT2D eigenvalue weighted by atomic mass is 32.2. The van der Waals surface area contributed by atoms with Gasteiger partial charge in [-0.25, -0.2) is 13.1 Å². The summed E-state index contributed by atoms with van der Waals surface area (Å²) >= 11 is 0. The molecule has 1 saturated heterocycles. The van der Waals surface area contributed by atoms with Crippen molar-refractivity contribution in [2.45, 2.75) is 56.5 Å². The lowest BCUT2D eigenvalue weighted by molar-refractivity contribution is -0.134. The van der Waals surface area contributed by atoms with Gasteiger partial charge in [0.1, 0.15) is 4.90 Å². The molecule has 3 N–H and O–H groups in total. The Hall–Kier alpha value is -2.37. The largest absolute Gasteiger partial charge is 0.481 e. The number of aromatic nitrogens is 1. The number of nitrogens with one attached hydrogen (secondary N) is 2. The van der Waals surface area contributed by atoms with Crippen LogP contribution in [0.4, 0.5) is 0 Å². The molecule has 3 rings (SSSR count). The normalized spacial score (nSPS) is 17.5. The Balaban J connectivity index is 0.000000735. The SMILES string of the molecule is CC(=O)O.CC(NC(=O)c1cncc(S(=O)(=O)NC2CC2)c1)C(=O)CN1CCCC1. The van der Waals surface area contributed by atoms with E-state index >= 15 is 0 Å². The molecule has 0 radical (unpaired) electrons. The van der Waals surface area contributed by atoms with Crippen molar-refractivity contribution in [2.75, 3.05) is 19.6 Å². The van der Waals surface area contributed by atoms with Crippen molar-refractivity contribution < 1.29 is 27.9 Å². The standard InChI is InChI=1S/C17H24N4O4S.C2H4O2/c1-12(16(22)11-21-6-2-3-7-21)19-17(23)13-8-15(10-18-9-13)26(24,25)20-14-4-5-14;1-2(3)4/h8-10,12,14,20H,2-7,11H2,1H3,(H,19,23);1H3,(H,3,4). The molecule has 1 atom stereocenters. The number of pyridine rings is 1. The van der Waals surface area contributed by atoms with Gasteiger partial charge < -0.3 is 10.4 Å². The van der Waals surface area contributed by atoms with Gasteiger partial charge in [0, 0.05) is 25.4 Å². The summed E-state index contributed by atoms with van der Waals surface area (Å²) in [4.78, 5) is 39.5. The zero-order valence-electron chi connectivity index (χ0n) is 17.1. The molecule has 1 unspecified atom stereocenters. The summed E-state index contributed by atoms with van der Waals surface area (Å²) in [6.45, 7) is 4.85. The lowest BCUT2D eigenvalue weighted by Gasteiger charge is -2.18. The first-order chi connectivity index (χ1) is 14.1. The molecule has 166 valence electrons. The topological polar surface area (TPSA) is 146 Å². The fourth-order valence-corrected chi connectivity index (χ4v) is 4.13. The number of Topliss-reactive ketones (excluding diaryl/α,β-unsaturated/α-hetero) is 1. The molecule has 1 aromatic heterocycles. The molecule has 2 fully saturated rings. The number of amides is 1. The molecule has 1 saturated carbocycles. The van der Waals surface area contributed by atoms with Gasteiger partial charge in [-0.1, -0.05) is 0 Å². The van der Waals surface area contributed by atoms with Crippen LogP contribution in [0.25, 0.3) is 0 Å². The smallest absolute Gasteiger partial charge is 0.300 e. The predicted molar refractivity (Wildman–Crippen MR) is 108 cm³/mol. The van der Waals surface area contributed by atoms with Crippen LogP contribution < -0.4 is 10.0 Å². The number of nitrogens with zero attached hydrogens (tertiary/aromatic N) is 2. The summed E-state index contributed by atoms with van der Waals surface area (Å²) in [6.07, 6.45) is 6.34. The van der Waals surface area contributed by atoms with Crippen molar-refractivity contribution >= 4 is 27.7 Å². The molecule has 0 aromatic carbocycles. The van der Waals surface area contributed by atoms with Gasteiger partial charge in [0.25, 0.3) is 11.9 Å². The summed E-state index contributed by atoms with van der Waals surface area (Å²) in [5, 5.41) is 10.0. The zero-order chi connectivity index (χ0) is 22.3. The van der Waals surface area contributed by atoms with Crippen LogP contribution in [0.5, 0.6) is 0 Å². The summed E-state index contributed by atoms with van der Waals surface area (Å²) in [6, 6.07) is 0.610. The number of carbonyl (C=O) groups excluding carboxylic acids is 2. The Kier molecular flexibility index (Phi) is 8.44. The molecule has 1 aliphatic heterocycles. The van der Waals surface area contributed by atoms with Crippen LogP contribution in [0.15, 0.2) is 23.4 Å². The van der Waals surface area contributed by atoms with E-state index in [0.717, 1.165) is 45.7 Å². The highest BCUT2D eigenvalue weighted by molar-refractivity contribution is 7.89. The minimum atomic E-state index is -3.68. The van der Waals surface area contributed by atoms with Crippen LogP contribution in [-0.4, -0.2) is 72.8 Å². The molecule has 1 aromatic rings. The monoisotopic (exact) mass is 440 g/mol. The average Bonchev–Trinajstić information content (AvgIpc) is 3.32. The minimum Gasteiger partial charge on any atom is -0.481 e. The molecular formula is C19H28N4O6S. The number of sulfonamides is 1. The number of carboxylic acid groups (broad SMARTS) is 1. The fraction of sp³-hybridized carbons (Fsp3) is 0.579. The lowest BCUT2D eigenvalue weighted by Crippen LogP contribution is -2.43. The first-order valence-electron chi connectivity index (χ1n) is 9.81. The third-order valence-corrected chi connectivity index (χ3v) is 6.08. The predicted octanol–water partition coefficient (Wildman–Crippen LogP) is 0.396. The van der Waals surface area contributed by atoms with E-state index in [1.54, 1.807) is 6.92 Å². The van der Waals surface area contributed by atoms with Crippen molar-refractivity contribution in [3.63, 3.8) is 0 Å². The van der Waals surface area contributed by atoms with Crippen LogP contribution in [0, 0.1) is 0 Å². The van der Waals surface area contributed by atoms with E-state index in [1.807, 2.05) is 0 Å². The third kappa shape index (κ3) is 7.81. The quantitative estimate of drug-likeness (QED) is 0.526. The minimum absolute atomic E-state index is 0.0271. The molecule has 30 heavy (non-hydrogen) atoms. The number of carbonyl (C=O) groups is 3. The molecular weight excluding hydrogens is 412 g/mol. The summed E-state index contributed by atoms with van der Waals surface area (Å²) in [5.74, 6) is -1.41. The van der Waals surface area contributed by atoms with Crippen LogP contribution in [0.2, 0.25) is 0 Å². The molecule has 10 nitrogen and oxygen atoms in total. The summed E-state index contributed by atoms with van der Waals surface area (Å²) in [5.41, 5.74) is 0.115. The first kappa shape index (κ1) is 23.9. The van der Waals surface area contributed by atoms with E-state index in [4.69, 9.17) is 9.90 Å². The maximum absolute atomic E-state index is 12.4. The van der Waals surface area contributed by atoms with Crippen molar-refractivity contribution in [3.8, 4) is 0 Å². The van der Waals surface area contributed by atoms with Crippen molar-refractivity contribution in [1.82, 2.24) is 19.9 Å². The number of carboxylic acids is 1. The van der Waals surface area contributed by atoms with Gasteiger partial charge >= 0.3 is 0 Å². The van der Waals surface area contributed by atoms with Crippen molar-refractivity contribution in [2.24, 2.45) is 0 Å². The van der Waals surface area contributed by atoms with Gasteiger partial charge in [-0.3, -0.25) is 24.3 Å². The maximum atomic E-state index is 12.4. The Labute approximate surface area is 176 Å². The van der Waals surface area contributed by atoms with Gasteiger partial charge in [-0.2, -0.15) is 0 Å². The number of rotatable bonds is 8. The van der Waals surface area contributed by atoms with Crippen molar-refractivity contribution in [1.29, 1.82) is 0 Å². The molecule has 1 aliphatic carbocycles. The van der Waals surface area contributed by atoms with Crippen LogP contribution in [0.3, 0.4) is 0 Å². The van der Waals surface area contributed by atoms with Crippen LogP contribution >= 0.6 is 0 Å². The molecule has 1 amide bonds. The van der Waals surface area contributed by atoms with Gasteiger partial charge in [-0.15, -0.1) is 0 Å². The van der Waals surface area contributed by atoms with E-state index in [-0.39, 0.29) is 22.3 Å². The zero-order valence-corrected chi connectivity index (χ0v) is 17.9. The third-order valence-electron chi connectivity index (χ3n) is 4.59. The van der Waals surface area contributed by atoms with Crippen molar-refractivity contribution in [3.05, 3.63) is 24.0 Å². The fourth-order valence-electron chi connectivity index (χ4n) is 2.84. The van der Waals surface area contributed by atoms with E-state index in [2.05, 4.69) is 19.9 Å². The average molecular weight is 441 g/mol. The highest BCUT2D eigenvalue weighted by Gasteiger charge is 2.29. The second-order valence-electron chi connectivity index (χ2n) is 7.47. The molecule has 11 heteroatoms. The van der Waals surface area contributed by atoms with Crippen LogP contribution in [-0.2, 0) is 19.6 Å². The number of likely N-dealkylation sites (tertiary alicyclic amines) is 1. The number of hydrogen-bond donors (Lipinski definition) is 3. The summed E-state index contributed by atoms with van der Waals surface area (Å²) < 4.78 is 27.0. The molecule has 0 spiro atoms. The first-order valence-corrected chi connectivity index (χ1v) is 11.3. The van der Waals surface area contributed by atoms with E-state index in [1.165, 1.54) is 18.5 Å². The van der Waals surface area contributed by atoms with Gasteiger partial charge in [0.05, 0.1) is 18.2 Å². The molecule has 2 aliphatic rings. The lowest BCUT2D eigenvalue weighted by atomic mass is 10.2. The van der Waals surface area contributed by atoms with E-state index in [0.29, 0.717) is 6.54 Å². The Bertz CT molecular complexity index is 875. The molecule has 0 bridgehead atoms. The van der Waals surface area contributed by atoms with Gasteiger partial charge in [0.15, 0.2) is 5.78 Å².